The van der Waals surface area contributed by atoms with E-state index < -0.39 is 5.82 Å². The highest BCUT2D eigenvalue weighted by Crippen LogP contribution is 2.23. The van der Waals surface area contributed by atoms with Gasteiger partial charge in [0.1, 0.15) is 23.5 Å². The Morgan fingerprint density at radius 3 is 2.64 bits per heavy atom. The molecule has 7 heteroatoms. The summed E-state index contributed by atoms with van der Waals surface area (Å²) in [5, 5.41) is 4.32. The third-order valence-corrected chi connectivity index (χ3v) is 3.71. The number of benzene rings is 1. The SMILES string of the molecule is CC(C)[C@@H](c1ncnn1C)n1cnc2c(F)cccc2c1=O. The molecule has 22 heavy (non-hydrogen) atoms. The summed E-state index contributed by atoms with van der Waals surface area (Å²) in [7, 11) is 1.77. The van der Waals surface area contributed by atoms with E-state index in [2.05, 4.69) is 15.1 Å². The second kappa shape index (κ2) is 5.32. The number of nitrogens with zero attached hydrogens (tertiary/aromatic N) is 5. The average molecular weight is 301 g/mol. The molecule has 114 valence electrons. The van der Waals surface area contributed by atoms with Gasteiger partial charge < -0.3 is 0 Å². The lowest BCUT2D eigenvalue weighted by molar-refractivity contribution is 0.391. The third-order valence-electron chi connectivity index (χ3n) is 3.71. The maximum Gasteiger partial charge on any atom is 0.261 e. The van der Waals surface area contributed by atoms with Crippen LogP contribution in [-0.2, 0) is 7.05 Å². The van der Waals surface area contributed by atoms with Crippen molar-refractivity contribution < 1.29 is 4.39 Å². The van der Waals surface area contributed by atoms with Crippen LogP contribution in [0.2, 0.25) is 0 Å². The maximum absolute atomic E-state index is 13.8. The van der Waals surface area contributed by atoms with Crippen LogP contribution in [0.5, 0.6) is 0 Å². The van der Waals surface area contributed by atoms with Crippen LogP contribution in [-0.4, -0.2) is 24.3 Å². The highest BCUT2D eigenvalue weighted by Gasteiger charge is 2.24. The molecule has 0 aliphatic rings. The summed E-state index contributed by atoms with van der Waals surface area (Å²) in [6.07, 6.45) is 2.83. The number of rotatable bonds is 3. The Morgan fingerprint density at radius 2 is 2.00 bits per heavy atom. The summed E-state index contributed by atoms with van der Waals surface area (Å²) in [4.78, 5) is 21.1. The summed E-state index contributed by atoms with van der Waals surface area (Å²) in [6, 6.07) is 4.07. The van der Waals surface area contributed by atoms with E-state index >= 15 is 0 Å². The molecule has 1 aromatic carbocycles. The van der Waals surface area contributed by atoms with Gasteiger partial charge in [0.2, 0.25) is 0 Å². The molecule has 1 atom stereocenters. The van der Waals surface area contributed by atoms with Crippen LogP contribution >= 0.6 is 0 Å². The van der Waals surface area contributed by atoms with Gasteiger partial charge in [-0.3, -0.25) is 14.0 Å². The maximum atomic E-state index is 13.8. The van der Waals surface area contributed by atoms with Gasteiger partial charge in [0.25, 0.3) is 5.56 Å². The van der Waals surface area contributed by atoms with Crippen molar-refractivity contribution >= 4 is 10.9 Å². The van der Waals surface area contributed by atoms with Gasteiger partial charge in [-0.2, -0.15) is 5.10 Å². The van der Waals surface area contributed by atoms with Gasteiger partial charge in [-0.1, -0.05) is 19.9 Å². The van der Waals surface area contributed by atoms with E-state index in [-0.39, 0.29) is 28.4 Å². The van der Waals surface area contributed by atoms with Gasteiger partial charge in [-0.25, -0.2) is 14.4 Å². The number of para-hydroxylation sites is 1. The Bertz CT molecular complexity index is 883. The Hall–Kier alpha value is -2.57. The number of hydrogen-bond donors (Lipinski definition) is 0. The second-order valence-electron chi connectivity index (χ2n) is 5.52. The molecule has 0 saturated heterocycles. The van der Waals surface area contributed by atoms with Crippen molar-refractivity contribution in [2.45, 2.75) is 19.9 Å². The minimum absolute atomic E-state index is 0.0872. The van der Waals surface area contributed by atoms with Crippen LogP contribution in [0.25, 0.3) is 10.9 Å². The van der Waals surface area contributed by atoms with Gasteiger partial charge in [0.15, 0.2) is 0 Å². The minimum Gasteiger partial charge on any atom is -0.288 e. The first-order valence-electron chi connectivity index (χ1n) is 7.00. The first-order chi connectivity index (χ1) is 10.5. The van der Waals surface area contributed by atoms with E-state index in [4.69, 9.17) is 0 Å². The first kappa shape index (κ1) is 14.4. The average Bonchev–Trinajstić information content (AvgIpc) is 2.88. The van der Waals surface area contributed by atoms with Crippen LogP contribution in [0, 0.1) is 11.7 Å². The number of aryl methyl sites for hydroxylation is 1. The van der Waals surface area contributed by atoms with Crippen LogP contribution in [0.15, 0.2) is 35.6 Å². The second-order valence-corrected chi connectivity index (χ2v) is 5.52. The molecule has 0 unspecified atom stereocenters. The lowest BCUT2D eigenvalue weighted by Crippen LogP contribution is -2.31. The van der Waals surface area contributed by atoms with Gasteiger partial charge in [0.05, 0.1) is 17.8 Å². The zero-order valence-electron chi connectivity index (χ0n) is 12.6. The van der Waals surface area contributed by atoms with Crippen LogP contribution < -0.4 is 5.56 Å². The predicted molar refractivity (Wildman–Crippen MR) is 79.9 cm³/mol. The van der Waals surface area contributed by atoms with Crippen molar-refractivity contribution in [1.29, 1.82) is 0 Å². The fourth-order valence-corrected chi connectivity index (χ4v) is 2.65. The Balaban J connectivity index is 2.26. The van der Waals surface area contributed by atoms with E-state index in [0.717, 1.165) is 0 Å². The van der Waals surface area contributed by atoms with Gasteiger partial charge in [0, 0.05) is 7.05 Å². The summed E-state index contributed by atoms with van der Waals surface area (Å²) >= 11 is 0. The Labute approximate surface area is 126 Å². The molecule has 3 rings (SSSR count). The lowest BCUT2D eigenvalue weighted by Gasteiger charge is -2.22. The van der Waals surface area contributed by atoms with Crippen molar-refractivity contribution in [3.63, 3.8) is 0 Å². The van der Waals surface area contributed by atoms with Gasteiger partial charge >= 0.3 is 0 Å². The largest absolute Gasteiger partial charge is 0.288 e. The van der Waals surface area contributed by atoms with E-state index in [9.17, 15) is 9.18 Å². The smallest absolute Gasteiger partial charge is 0.261 e. The van der Waals surface area contributed by atoms with Crippen molar-refractivity contribution in [2.24, 2.45) is 13.0 Å². The predicted octanol–water partition coefficient (Wildman–Crippen LogP) is 1.91. The number of halogens is 1. The highest BCUT2D eigenvalue weighted by atomic mass is 19.1. The Morgan fingerprint density at radius 1 is 1.23 bits per heavy atom. The van der Waals surface area contributed by atoms with Crippen LogP contribution in [0.4, 0.5) is 4.39 Å². The molecule has 0 saturated carbocycles. The fourth-order valence-electron chi connectivity index (χ4n) is 2.65. The zero-order chi connectivity index (χ0) is 15.9. The number of fused-ring (bicyclic) bond motifs is 1. The molecule has 0 fully saturated rings. The lowest BCUT2D eigenvalue weighted by atomic mass is 10.0. The van der Waals surface area contributed by atoms with E-state index in [0.29, 0.717) is 5.82 Å². The number of aromatic nitrogens is 5. The molecule has 0 aliphatic carbocycles. The van der Waals surface area contributed by atoms with Gasteiger partial charge in [-0.15, -0.1) is 0 Å². The van der Waals surface area contributed by atoms with Crippen molar-refractivity contribution in [3.8, 4) is 0 Å². The summed E-state index contributed by atoms with van der Waals surface area (Å²) in [5.74, 6) is 0.254. The summed E-state index contributed by atoms with van der Waals surface area (Å²) < 4.78 is 16.9. The quantitative estimate of drug-likeness (QED) is 0.741. The molecular weight excluding hydrogens is 285 g/mol. The fraction of sp³-hybridized carbons (Fsp3) is 0.333. The first-order valence-corrected chi connectivity index (χ1v) is 7.00. The third kappa shape index (κ3) is 2.18. The molecule has 2 heterocycles. The molecule has 2 aromatic heterocycles. The molecule has 3 aromatic rings. The van der Waals surface area contributed by atoms with Crippen LogP contribution in [0.1, 0.15) is 25.7 Å². The zero-order valence-corrected chi connectivity index (χ0v) is 12.6. The monoisotopic (exact) mass is 301 g/mol. The van der Waals surface area contributed by atoms with Crippen molar-refractivity contribution in [3.05, 3.63) is 52.8 Å². The topological polar surface area (TPSA) is 65.6 Å². The standard InChI is InChI=1S/C15H16FN5O/c1-9(2)13(14-17-7-19-20(14)3)21-8-18-12-10(15(21)22)5-4-6-11(12)16/h4-9,13H,1-3H3/t13-/m0/s1. The van der Waals surface area contributed by atoms with E-state index in [1.807, 2.05) is 13.8 Å². The number of hydrogen-bond acceptors (Lipinski definition) is 4. The summed E-state index contributed by atoms with van der Waals surface area (Å²) in [6.45, 7) is 3.98. The van der Waals surface area contributed by atoms with E-state index in [1.54, 1.807) is 17.8 Å². The van der Waals surface area contributed by atoms with Crippen LogP contribution in [0.3, 0.4) is 0 Å². The molecule has 0 radical (unpaired) electrons. The molecule has 0 aliphatic heterocycles. The minimum atomic E-state index is -0.499. The van der Waals surface area contributed by atoms with Gasteiger partial charge in [-0.05, 0) is 18.1 Å². The normalized spacial score (nSPS) is 13.0. The van der Waals surface area contributed by atoms with Crippen molar-refractivity contribution in [2.75, 3.05) is 0 Å². The molecule has 6 nitrogen and oxygen atoms in total. The molecule has 0 spiro atoms. The highest BCUT2D eigenvalue weighted by molar-refractivity contribution is 5.77. The van der Waals surface area contributed by atoms with Crippen molar-refractivity contribution in [1.82, 2.24) is 24.3 Å². The molecule has 0 amide bonds. The summed E-state index contributed by atoms with van der Waals surface area (Å²) in [5.41, 5.74) is -0.199. The molecular formula is C15H16FN5O. The van der Waals surface area contributed by atoms with E-state index in [1.165, 1.54) is 29.4 Å². The Kier molecular flexibility index (Phi) is 3.48. The molecule has 0 N–H and O–H groups in total. The molecule has 0 bridgehead atoms.